The van der Waals surface area contributed by atoms with Gasteiger partial charge >= 0.3 is 0 Å². The van der Waals surface area contributed by atoms with Gasteiger partial charge in [-0.05, 0) is 24.3 Å². The molecule has 0 bridgehead atoms. The van der Waals surface area contributed by atoms with Gasteiger partial charge in [0.25, 0.3) is 11.5 Å². The van der Waals surface area contributed by atoms with Gasteiger partial charge in [0.05, 0.1) is 18.3 Å². The molecule has 0 saturated heterocycles. The lowest BCUT2D eigenvalue weighted by Gasteiger charge is -2.04. The normalized spacial score (nSPS) is 12.5. The van der Waals surface area contributed by atoms with Crippen LogP contribution in [0, 0.1) is 0 Å². The van der Waals surface area contributed by atoms with Crippen LogP contribution in [0.25, 0.3) is 10.2 Å². The number of aromatic amines is 1. The molecule has 0 aliphatic carbocycles. The third-order valence-corrected chi connectivity index (χ3v) is 4.49. The molecule has 0 atom stereocenters. The summed E-state index contributed by atoms with van der Waals surface area (Å²) in [5.74, 6) is 0.981. The highest BCUT2D eigenvalue weighted by molar-refractivity contribution is 7.18. The highest BCUT2D eigenvalue weighted by Gasteiger charge is 2.16. The van der Waals surface area contributed by atoms with Gasteiger partial charge in [-0.25, -0.2) is 4.98 Å². The van der Waals surface area contributed by atoms with Crippen molar-refractivity contribution in [1.82, 2.24) is 15.3 Å². The molecule has 1 aliphatic heterocycles. The highest BCUT2D eigenvalue weighted by Crippen LogP contribution is 2.32. The third-order valence-electron chi connectivity index (χ3n) is 3.44. The number of fused-ring (bicyclic) bond motifs is 2. The predicted molar refractivity (Wildman–Crippen MR) is 84.0 cm³/mol. The van der Waals surface area contributed by atoms with Gasteiger partial charge < -0.3 is 19.8 Å². The van der Waals surface area contributed by atoms with Crippen LogP contribution >= 0.6 is 11.3 Å². The monoisotopic (exact) mass is 329 g/mol. The summed E-state index contributed by atoms with van der Waals surface area (Å²) in [6, 6.07) is 6.78. The van der Waals surface area contributed by atoms with Crippen molar-refractivity contribution in [3.05, 3.63) is 51.4 Å². The Hall–Kier alpha value is -2.87. The van der Waals surface area contributed by atoms with Crippen LogP contribution in [0.2, 0.25) is 0 Å². The minimum Gasteiger partial charge on any atom is -0.454 e. The molecule has 0 radical (unpaired) electrons. The van der Waals surface area contributed by atoms with E-state index in [4.69, 9.17) is 9.47 Å². The maximum absolute atomic E-state index is 12.2. The number of nitrogens with zero attached hydrogens (tertiary/aromatic N) is 1. The molecular formula is C15H11N3O4S. The number of ether oxygens (including phenoxy) is 2. The summed E-state index contributed by atoms with van der Waals surface area (Å²) in [5.41, 5.74) is 0.311. The fourth-order valence-electron chi connectivity index (χ4n) is 2.31. The predicted octanol–water partition coefficient (Wildman–Crippen LogP) is 1.64. The summed E-state index contributed by atoms with van der Waals surface area (Å²) in [5, 5.41) is 3.35. The number of H-pyrrole nitrogens is 1. The van der Waals surface area contributed by atoms with Crippen molar-refractivity contribution in [3.63, 3.8) is 0 Å². The lowest BCUT2D eigenvalue weighted by molar-refractivity contribution is 0.0951. The number of nitrogens with one attached hydrogen (secondary N) is 2. The minimum atomic E-state index is -0.220. The van der Waals surface area contributed by atoms with E-state index < -0.39 is 0 Å². The quantitative estimate of drug-likeness (QED) is 0.762. The zero-order valence-electron chi connectivity index (χ0n) is 11.8. The van der Waals surface area contributed by atoms with Gasteiger partial charge in [0.15, 0.2) is 11.5 Å². The molecule has 3 heterocycles. The van der Waals surface area contributed by atoms with E-state index in [9.17, 15) is 9.59 Å². The number of amides is 1. The summed E-state index contributed by atoms with van der Waals surface area (Å²) in [6.45, 7) is 0.497. The van der Waals surface area contributed by atoms with Crippen LogP contribution in [-0.4, -0.2) is 22.7 Å². The Bertz CT molecular complexity index is 963. The molecule has 7 nitrogen and oxygen atoms in total. The summed E-state index contributed by atoms with van der Waals surface area (Å²) in [4.78, 5) is 32.0. The van der Waals surface area contributed by atoms with Crippen LogP contribution < -0.4 is 20.3 Å². The van der Waals surface area contributed by atoms with Crippen molar-refractivity contribution < 1.29 is 14.3 Å². The maximum Gasteiger partial charge on any atom is 0.259 e. The second-order valence-corrected chi connectivity index (χ2v) is 6.03. The number of aromatic nitrogens is 2. The first kappa shape index (κ1) is 13.8. The number of thiophene rings is 1. The third kappa shape index (κ3) is 2.53. The van der Waals surface area contributed by atoms with Crippen LogP contribution in [0.3, 0.4) is 0 Å². The number of carbonyl (C=O) groups is 1. The lowest BCUT2D eigenvalue weighted by Crippen LogP contribution is -2.22. The molecule has 4 rings (SSSR count). The summed E-state index contributed by atoms with van der Waals surface area (Å²) >= 11 is 1.38. The Labute approximate surface area is 133 Å². The fraction of sp³-hybridized carbons (Fsp3) is 0.133. The van der Waals surface area contributed by atoms with Crippen molar-refractivity contribution in [3.8, 4) is 11.5 Å². The Balaban J connectivity index is 1.50. The molecule has 3 aromatic rings. The Morgan fingerprint density at radius 3 is 3.04 bits per heavy atom. The molecule has 0 unspecified atom stereocenters. The first-order valence-corrected chi connectivity index (χ1v) is 7.66. The van der Waals surface area contributed by atoms with Crippen molar-refractivity contribution in [2.75, 3.05) is 6.79 Å². The second-order valence-electron chi connectivity index (χ2n) is 4.91. The van der Waals surface area contributed by atoms with Gasteiger partial charge in [-0.1, -0.05) is 0 Å². The average Bonchev–Trinajstić information content (AvgIpc) is 3.18. The SMILES string of the molecule is O=C(NCc1cc2c(=O)[nH]cnc2s1)c1ccc2c(c1)OCO2. The first-order valence-electron chi connectivity index (χ1n) is 6.85. The van der Waals surface area contributed by atoms with Crippen molar-refractivity contribution in [1.29, 1.82) is 0 Å². The van der Waals surface area contributed by atoms with Crippen LogP contribution in [0.1, 0.15) is 15.2 Å². The maximum atomic E-state index is 12.2. The highest BCUT2D eigenvalue weighted by atomic mass is 32.1. The molecular weight excluding hydrogens is 318 g/mol. The minimum absolute atomic E-state index is 0.170. The molecule has 8 heteroatoms. The topological polar surface area (TPSA) is 93.3 Å². The van der Waals surface area contributed by atoms with Gasteiger partial charge in [-0.15, -0.1) is 11.3 Å². The van der Waals surface area contributed by atoms with E-state index in [-0.39, 0.29) is 18.3 Å². The summed E-state index contributed by atoms with van der Waals surface area (Å²) in [6.07, 6.45) is 1.37. The second kappa shape index (κ2) is 5.40. The smallest absolute Gasteiger partial charge is 0.259 e. The van der Waals surface area contributed by atoms with E-state index in [2.05, 4.69) is 15.3 Å². The van der Waals surface area contributed by atoms with E-state index in [1.54, 1.807) is 24.3 Å². The summed E-state index contributed by atoms with van der Waals surface area (Å²) < 4.78 is 10.5. The molecule has 2 N–H and O–H groups in total. The molecule has 1 aliphatic rings. The molecule has 0 saturated carbocycles. The van der Waals surface area contributed by atoms with Gasteiger partial charge in [-0.2, -0.15) is 0 Å². The van der Waals surface area contributed by atoms with Crippen molar-refractivity contribution in [2.24, 2.45) is 0 Å². The van der Waals surface area contributed by atoms with Crippen LogP contribution in [0.4, 0.5) is 0 Å². The first-order chi connectivity index (χ1) is 11.2. The average molecular weight is 329 g/mol. The molecule has 23 heavy (non-hydrogen) atoms. The number of hydrogen-bond acceptors (Lipinski definition) is 6. The Morgan fingerprint density at radius 2 is 2.17 bits per heavy atom. The van der Waals surface area contributed by atoms with E-state index in [1.165, 1.54) is 17.7 Å². The van der Waals surface area contributed by atoms with Crippen LogP contribution in [-0.2, 0) is 6.54 Å². The zero-order valence-corrected chi connectivity index (χ0v) is 12.6. The standard InChI is InChI=1S/C15H11N3O4S/c19-13(8-1-2-11-12(3-8)22-7-21-11)16-5-9-4-10-14(20)17-6-18-15(10)23-9/h1-4,6H,5,7H2,(H,16,19)(H,17,18,20). The summed E-state index contributed by atoms with van der Waals surface area (Å²) in [7, 11) is 0. The van der Waals surface area contributed by atoms with E-state index in [1.807, 2.05) is 0 Å². The molecule has 0 fully saturated rings. The van der Waals surface area contributed by atoms with E-state index >= 15 is 0 Å². The van der Waals surface area contributed by atoms with Gasteiger partial charge in [-0.3, -0.25) is 9.59 Å². The number of rotatable bonds is 3. The van der Waals surface area contributed by atoms with E-state index in [0.717, 1.165) is 4.88 Å². The molecule has 1 amide bonds. The molecule has 1 aromatic carbocycles. The van der Waals surface area contributed by atoms with Crippen LogP contribution in [0.15, 0.2) is 35.4 Å². The van der Waals surface area contributed by atoms with Crippen molar-refractivity contribution >= 4 is 27.5 Å². The Kier molecular flexibility index (Phi) is 3.23. The fourth-order valence-corrected chi connectivity index (χ4v) is 3.25. The van der Waals surface area contributed by atoms with Gasteiger partial charge in [0, 0.05) is 10.4 Å². The van der Waals surface area contributed by atoms with Crippen LogP contribution in [0.5, 0.6) is 11.5 Å². The Morgan fingerprint density at radius 1 is 1.30 bits per heavy atom. The van der Waals surface area contributed by atoms with Crippen molar-refractivity contribution in [2.45, 2.75) is 6.54 Å². The zero-order chi connectivity index (χ0) is 15.8. The lowest BCUT2D eigenvalue weighted by atomic mass is 10.2. The number of carbonyl (C=O) groups excluding carboxylic acids is 1. The van der Waals surface area contributed by atoms with E-state index in [0.29, 0.717) is 33.8 Å². The number of hydrogen-bond donors (Lipinski definition) is 2. The number of benzene rings is 1. The largest absolute Gasteiger partial charge is 0.454 e. The molecule has 0 spiro atoms. The molecule has 2 aromatic heterocycles. The molecule has 116 valence electrons. The van der Waals surface area contributed by atoms with Gasteiger partial charge in [0.2, 0.25) is 6.79 Å². The van der Waals surface area contributed by atoms with Gasteiger partial charge in [0.1, 0.15) is 4.83 Å².